The number of nitrogens with one attached hydrogen (secondary N) is 20. The number of carbonyl (C=O) groups excluding carboxylic acids is 20. The number of nitrogens with zero attached hydrogens (tertiary/aromatic N) is 3. The number of nitrogens with two attached hydrogens (primary N) is 5. The predicted molar refractivity (Wildman–Crippen MR) is 402 cm³/mol. The summed E-state index contributed by atoms with van der Waals surface area (Å²) in [4.78, 5) is 290. The number of imidazole rings is 1. The van der Waals surface area contributed by atoms with E-state index in [-0.39, 0.29) is 94.6 Å². The second-order valence-corrected chi connectivity index (χ2v) is 26.4. The first-order valence-corrected chi connectivity index (χ1v) is 35.8. The lowest BCUT2D eigenvalue weighted by molar-refractivity contribution is -0.139. The molecule has 50 heteroatoms. The number of aliphatic carboxylic acids is 1. The Labute approximate surface area is 659 Å². The molecule has 12 amide bonds. The number of hydrogen-bond donors (Lipinski definition) is 26. The van der Waals surface area contributed by atoms with Crippen LogP contribution in [0, 0.1) is 5.92 Å². The minimum absolute atomic E-state index is 0.0262. The van der Waals surface area contributed by atoms with Crippen molar-refractivity contribution < 1.29 is 106 Å². The number of aromatic nitrogens is 2. The van der Waals surface area contributed by atoms with E-state index in [1.807, 2.05) is 0 Å². The van der Waals surface area contributed by atoms with Crippen molar-refractivity contribution in [3.8, 4) is 0 Å². The van der Waals surface area contributed by atoms with Crippen molar-refractivity contribution in [3.05, 3.63) is 18.2 Å². The third-order valence-electron chi connectivity index (χ3n) is 15.6. The lowest BCUT2D eigenvalue weighted by Crippen LogP contribution is -2.69. The van der Waals surface area contributed by atoms with Crippen LogP contribution in [0.4, 0.5) is 0 Å². The van der Waals surface area contributed by atoms with Gasteiger partial charge in [0.15, 0.2) is 55.1 Å². The van der Waals surface area contributed by atoms with E-state index >= 15 is 0 Å². The number of guanidine groups is 2. The Morgan fingerprint density at radius 1 is 0.400 bits per heavy atom. The molecule has 50 nitrogen and oxygen atoms in total. The average molecular weight is 1630 g/mol. The molecule has 0 aliphatic rings. The van der Waals surface area contributed by atoms with Crippen LogP contribution in [-0.2, 0) is 107 Å². The van der Waals surface area contributed by atoms with Crippen molar-refractivity contribution in [1.82, 2.24) is 111 Å². The third kappa shape index (κ3) is 41.3. The number of aldehydes is 8. The summed E-state index contributed by atoms with van der Waals surface area (Å²) in [5.74, 6) is -17.2. The maximum absolute atomic E-state index is 14.9. The molecule has 1 heterocycles. The van der Waals surface area contributed by atoms with Crippen LogP contribution in [0.25, 0.3) is 0 Å². The average Bonchev–Trinajstić information content (AvgIpc) is 1.64. The van der Waals surface area contributed by atoms with Crippen LogP contribution in [0.3, 0.4) is 0 Å². The Hall–Kier alpha value is -12.1. The van der Waals surface area contributed by atoms with Gasteiger partial charge in [-0.15, -0.1) is 0 Å². The zero-order valence-corrected chi connectivity index (χ0v) is 64.6. The van der Waals surface area contributed by atoms with Gasteiger partial charge in [0.25, 0.3) is 41.4 Å². The van der Waals surface area contributed by atoms with Crippen LogP contribution in [0.5, 0.6) is 0 Å². The number of amides is 12. The Bertz CT molecular complexity index is 3530. The highest BCUT2D eigenvalue weighted by molar-refractivity contribution is 5.99. The van der Waals surface area contributed by atoms with Crippen molar-refractivity contribution in [2.45, 2.75) is 229 Å². The maximum Gasteiger partial charge on any atom is 0.305 e. The summed E-state index contributed by atoms with van der Waals surface area (Å²) >= 11 is 0. The fourth-order valence-electron chi connectivity index (χ4n) is 9.98. The van der Waals surface area contributed by atoms with Crippen molar-refractivity contribution in [2.24, 2.45) is 44.6 Å². The molecule has 31 N–H and O–H groups in total. The summed E-state index contributed by atoms with van der Waals surface area (Å²) in [5.41, 5.74) is 27.5. The first kappa shape index (κ1) is 101. The van der Waals surface area contributed by atoms with E-state index in [0.29, 0.717) is 30.8 Å². The zero-order valence-electron chi connectivity index (χ0n) is 64.6. The number of aromatic amines is 1. The van der Waals surface area contributed by atoms with E-state index < -0.39 is 205 Å². The molecule has 115 heavy (non-hydrogen) atoms. The van der Waals surface area contributed by atoms with E-state index in [4.69, 9.17) is 28.7 Å². The lowest BCUT2D eigenvalue weighted by Gasteiger charge is -2.31. The second kappa shape index (κ2) is 53.8. The van der Waals surface area contributed by atoms with Gasteiger partial charge in [-0.2, -0.15) is 0 Å². The van der Waals surface area contributed by atoms with Gasteiger partial charge in [0.2, 0.25) is 29.5 Å². The number of H-pyrrole nitrogens is 1. The smallest absolute Gasteiger partial charge is 0.305 e. The highest BCUT2D eigenvalue weighted by atomic mass is 16.4. The normalized spacial score (nSPS) is 16.0. The van der Waals surface area contributed by atoms with Gasteiger partial charge in [-0.3, -0.25) is 115 Å². The molecule has 0 radical (unpaired) electrons. The fraction of sp³-hybridized carbons (Fsp3) is 0.600. The summed E-state index contributed by atoms with van der Waals surface area (Å²) in [5, 5.41) is 54.6. The first-order valence-electron chi connectivity index (χ1n) is 35.8. The van der Waals surface area contributed by atoms with Crippen molar-refractivity contribution in [2.75, 3.05) is 13.1 Å². The molecule has 0 saturated heterocycles. The molecule has 1 rings (SSSR count). The van der Waals surface area contributed by atoms with E-state index in [1.54, 1.807) is 13.8 Å². The Balaban J connectivity index is 4.04. The quantitative estimate of drug-likeness (QED) is 0.00947. The number of aliphatic imine (C=N–C) groups is 2. The van der Waals surface area contributed by atoms with Crippen molar-refractivity contribution in [1.29, 1.82) is 0 Å². The molecule has 0 aromatic carbocycles. The van der Waals surface area contributed by atoms with Crippen LogP contribution < -0.4 is 130 Å². The molecule has 0 aliphatic heterocycles. The van der Waals surface area contributed by atoms with Gasteiger partial charge in [0.1, 0.15) is 68.4 Å². The van der Waals surface area contributed by atoms with Gasteiger partial charge in [-0.25, -0.2) is 4.98 Å². The summed E-state index contributed by atoms with van der Waals surface area (Å²) in [7, 11) is 0. The topological polar surface area (TPSA) is 791 Å². The summed E-state index contributed by atoms with van der Waals surface area (Å²) in [6.45, 7) is 11.6. The minimum atomic E-state index is -2.28. The van der Waals surface area contributed by atoms with Gasteiger partial charge in [0, 0.05) is 44.7 Å². The Kier molecular flexibility index (Phi) is 47.2. The van der Waals surface area contributed by atoms with E-state index in [9.17, 15) is 106 Å². The number of carboxylic acids is 1. The van der Waals surface area contributed by atoms with Gasteiger partial charge in [-0.05, 0) is 79.6 Å². The lowest BCUT2D eigenvalue weighted by atomic mass is 10.0. The number of carboxylic acid groups (broad SMARTS) is 1. The monoisotopic (exact) mass is 1630 g/mol. The van der Waals surface area contributed by atoms with Crippen LogP contribution in [0.2, 0.25) is 0 Å². The molecule has 640 valence electrons. The van der Waals surface area contributed by atoms with E-state index in [0.717, 1.165) is 27.7 Å². The predicted octanol–water partition coefficient (Wildman–Crippen LogP) is -14.2. The molecular weight excluding hydrogens is 1520 g/mol. The van der Waals surface area contributed by atoms with E-state index in [2.05, 4.69) is 121 Å². The number of primary amides is 1. The number of rotatable bonds is 61. The van der Waals surface area contributed by atoms with Crippen LogP contribution in [-0.4, -0.2) is 283 Å². The summed E-state index contributed by atoms with van der Waals surface area (Å²) < 4.78 is 0. The molecule has 1 aromatic rings. The largest absolute Gasteiger partial charge is 0.481 e. The molecule has 19 atom stereocenters. The minimum Gasteiger partial charge on any atom is -0.481 e. The molecule has 0 aliphatic carbocycles. The Morgan fingerprint density at radius 2 is 0.722 bits per heavy atom. The fourth-order valence-corrected chi connectivity index (χ4v) is 9.98. The van der Waals surface area contributed by atoms with Crippen molar-refractivity contribution >= 4 is 139 Å². The van der Waals surface area contributed by atoms with Crippen LogP contribution in [0.1, 0.15) is 113 Å². The maximum atomic E-state index is 14.9. The van der Waals surface area contributed by atoms with Gasteiger partial charge in [-0.1, -0.05) is 13.8 Å². The van der Waals surface area contributed by atoms with Crippen LogP contribution >= 0.6 is 0 Å². The SMILES string of the molecule is CC(=O)N[C@@H](N[C@@H](C=O)CC(=O)O)C(=O)N[C@@H](C)C(=O)N[C@@H](C)C(=O)N[C@@H](N[C@@H](C=O)CCCN=C(N)N)C(=O)N[C@@H](N[C@@H](C=O)CC(N)=O)C(=O)N[C@@H](C)C(=O)N[C@@H](N[C@@H](C)C=O)C(=O)N[C@@H](N[C@@H](C=O)CCCN=C(N)N)C(=O)N[C@@H](N[C@@H](C=O)Cc1cnc[nH]1)C(=O)N[C@@H](N[C@@H](C=O)CC(C)C)C(=O)N[C@H](C)N[C@@H](C)C=O. The number of carbonyl (C=O) groups is 21. The molecule has 0 fully saturated rings. The highest BCUT2D eigenvalue weighted by Crippen LogP contribution is 2.08. The summed E-state index contributed by atoms with van der Waals surface area (Å²) in [6.07, 6.45) is -12.6. The van der Waals surface area contributed by atoms with Crippen molar-refractivity contribution in [3.63, 3.8) is 0 Å². The molecule has 0 bridgehead atoms. The van der Waals surface area contributed by atoms with Crippen LogP contribution in [0.15, 0.2) is 22.5 Å². The molecule has 1 aromatic heterocycles. The molecule has 0 saturated carbocycles. The second-order valence-electron chi connectivity index (χ2n) is 26.4. The third-order valence-corrected chi connectivity index (χ3v) is 15.6. The molecular formula is C65H108N28O22. The number of hydrogen-bond acceptors (Lipinski definition) is 32. The highest BCUT2D eigenvalue weighted by Gasteiger charge is 2.38. The van der Waals surface area contributed by atoms with Gasteiger partial charge < -0.3 is 136 Å². The standard InChI is InChI=1S/C65H108N28O22/c1-30(2)16-41(25-98)84-50(59(111)80-36(8)75-31(3)21-94)91-63(115)53(85-42(26-99)17-40-20-71-29-74-40)93-62(114)52(83-39(24-97)13-11-15-73-65(69)70)92-60(112)47(76-32(4)22-95)88-56(108)35(7)79-58(110)49(86-43(27-100)18-45(66)103)90-61(113)51(82-38(23-96)12-10-14-72-64(67)68)89-55(107)34(6)77-54(106)33(5)78-57(109)48(81-37(9)102)87-44(28-101)19-46(104)105/h20-36,38-39,41-44,47-53,75-76,82-87H,10-19H2,1-9H3,(H2,66,103)(H,71,74)(H,77,106)(H,78,109)(H,79,110)(H,80,111)(H,81,102)(H,88,108)(H,89,107)(H,90,113)(H,91,115)(H,92,112)(H,93,114)(H,104,105)(H4,67,68,72)(H4,69,70,73)/t31-,32-,33-,34-,35-,36+,38+,39+,41+,42+,43+,44+,47+,48-,49+,50+,51+,52+,53+/m0/s1. The molecule has 0 unspecified atom stereocenters. The summed E-state index contributed by atoms with van der Waals surface area (Å²) in [6, 6.07) is -15.9. The molecule has 0 spiro atoms. The van der Waals surface area contributed by atoms with Gasteiger partial charge in [0.05, 0.1) is 67.2 Å². The first-order chi connectivity index (χ1) is 54.2. The van der Waals surface area contributed by atoms with Gasteiger partial charge >= 0.3 is 5.97 Å². The zero-order chi connectivity index (χ0) is 87.2. The Morgan fingerprint density at radius 3 is 1.07 bits per heavy atom. The van der Waals surface area contributed by atoms with E-state index in [1.165, 1.54) is 33.3 Å².